The van der Waals surface area contributed by atoms with E-state index >= 15 is 0 Å². The monoisotopic (exact) mass is 512 g/mol. The summed E-state index contributed by atoms with van der Waals surface area (Å²) >= 11 is 18.5. The van der Waals surface area contributed by atoms with Crippen molar-refractivity contribution in [1.29, 1.82) is 0 Å². The van der Waals surface area contributed by atoms with Crippen LogP contribution in [0.3, 0.4) is 0 Å². The van der Waals surface area contributed by atoms with Crippen molar-refractivity contribution >= 4 is 34.8 Å². The average molecular weight is 514 g/mol. The summed E-state index contributed by atoms with van der Waals surface area (Å²) in [6, 6.07) is 11.3. The van der Waals surface area contributed by atoms with Gasteiger partial charge in [-0.3, -0.25) is 0 Å². The average Bonchev–Trinajstić information content (AvgIpc) is 3.30. The van der Waals surface area contributed by atoms with E-state index in [0.717, 1.165) is 11.1 Å². The Hall–Kier alpha value is -1.96. The number of aromatic nitrogens is 2. The molecule has 0 saturated carbocycles. The Morgan fingerprint density at radius 3 is 2.18 bits per heavy atom. The summed E-state index contributed by atoms with van der Waals surface area (Å²) in [5.41, 5.74) is 1.54. The second kappa shape index (κ2) is 11.4. The van der Waals surface area contributed by atoms with Crippen LogP contribution in [-0.4, -0.2) is 51.1 Å². The van der Waals surface area contributed by atoms with Crippen molar-refractivity contribution in [3.05, 3.63) is 76.3 Å². The molecular formula is C24H27Cl3N2O4. The highest BCUT2D eigenvalue weighted by molar-refractivity contribution is 6.37. The lowest BCUT2D eigenvalue weighted by Gasteiger charge is -2.27. The van der Waals surface area contributed by atoms with Gasteiger partial charge in [0.25, 0.3) is 0 Å². The summed E-state index contributed by atoms with van der Waals surface area (Å²) in [6.07, 6.45) is 3.66. The number of hydrogen-bond acceptors (Lipinski definition) is 5. The predicted molar refractivity (Wildman–Crippen MR) is 131 cm³/mol. The van der Waals surface area contributed by atoms with Gasteiger partial charge in [0, 0.05) is 17.8 Å². The number of imidazole rings is 1. The fourth-order valence-electron chi connectivity index (χ4n) is 3.30. The molecule has 0 saturated heterocycles. The van der Waals surface area contributed by atoms with Crippen molar-refractivity contribution in [3.8, 4) is 11.5 Å². The van der Waals surface area contributed by atoms with Crippen molar-refractivity contribution in [2.24, 2.45) is 0 Å². The number of hydrogen-bond donors (Lipinski definition) is 2. The minimum Gasteiger partial charge on any atom is -0.491 e. The maximum atomic E-state index is 10.1. The van der Waals surface area contributed by atoms with Crippen LogP contribution in [0.2, 0.25) is 10.0 Å². The topological polar surface area (TPSA) is 76.7 Å². The first-order chi connectivity index (χ1) is 15.7. The van der Waals surface area contributed by atoms with Crippen molar-refractivity contribution in [2.75, 3.05) is 19.1 Å². The molecule has 0 bridgehead atoms. The van der Waals surface area contributed by atoms with E-state index in [9.17, 15) is 10.2 Å². The van der Waals surface area contributed by atoms with E-state index in [2.05, 4.69) is 18.8 Å². The van der Waals surface area contributed by atoms with Gasteiger partial charge in [0.2, 0.25) is 0 Å². The first kappa shape index (κ1) is 25.7. The van der Waals surface area contributed by atoms with E-state index in [1.54, 1.807) is 23.3 Å². The number of aliphatic hydroxyl groups excluding tert-OH is 2. The molecule has 0 aliphatic heterocycles. The Labute approximate surface area is 208 Å². The second-order valence-electron chi connectivity index (χ2n) is 8.26. The molecule has 1 aromatic heterocycles. The molecule has 0 spiro atoms. The van der Waals surface area contributed by atoms with Crippen LogP contribution in [-0.2, 0) is 12.0 Å². The molecule has 0 fully saturated rings. The van der Waals surface area contributed by atoms with Crippen LogP contribution in [0.4, 0.5) is 0 Å². The molecule has 2 atom stereocenters. The van der Waals surface area contributed by atoms with Gasteiger partial charge in [-0.2, -0.15) is 0 Å². The van der Waals surface area contributed by atoms with Gasteiger partial charge in [-0.25, -0.2) is 4.98 Å². The van der Waals surface area contributed by atoms with Gasteiger partial charge in [0.15, 0.2) is 5.75 Å². The zero-order valence-electron chi connectivity index (χ0n) is 18.4. The van der Waals surface area contributed by atoms with E-state index in [1.807, 2.05) is 36.4 Å². The van der Waals surface area contributed by atoms with E-state index in [1.165, 1.54) is 0 Å². The Morgan fingerprint density at radius 1 is 0.970 bits per heavy atom. The molecule has 2 N–H and O–H groups in total. The van der Waals surface area contributed by atoms with E-state index in [0.29, 0.717) is 28.1 Å². The number of aliphatic hydroxyl groups is 2. The van der Waals surface area contributed by atoms with Crippen molar-refractivity contribution < 1.29 is 19.7 Å². The largest absolute Gasteiger partial charge is 0.491 e. The molecule has 33 heavy (non-hydrogen) atoms. The molecule has 6 nitrogen and oxygen atoms in total. The quantitative estimate of drug-likeness (QED) is 0.355. The van der Waals surface area contributed by atoms with Crippen LogP contribution in [0, 0.1) is 0 Å². The molecular weight excluding hydrogens is 487 g/mol. The summed E-state index contributed by atoms with van der Waals surface area (Å²) in [7, 11) is 0. The maximum Gasteiger partial charge on any atom is 0.156 e. The standard InChI is InChI=1S/C24H27Cl3N2O4/c1-24(2,17-9-21(26)23(22(27)10-17)33-13-18(30)11-25)16-3-5-20(6-4-16)32-14-19(31)12-29-8-7-28-15-29/h3-10,15,18-19,30-31H,11-14H2,1-2H3/t18-,19+/m0/s1. The molecule has 0 aliphatic carbocycles. The Kier molecular flexibility index (Phi) is 8.90. The van der Waals surface area contributed by atoms with E-state index in [4.69, 9.17) is 44.3 Å². The van der Waals surface area contributed by atoms with Crippen molar-refractivity contribution in [3.63, 3.8) is 0 Å². The first-order valence-corrected chi connectivity index (χ1v) is 11.7. The molecule has 0 unspecified atom stereocenters. The fraction of sp³-hybridized carbons (Fsp3) is 0.375. The molecule has 2 aromatic carbocycles. The summed E-state index contributed by atoms with van der Waals surface area (Å²) < 4.78 is 13.1. The zero-order chi connectivity index (χ0) is 24.0. The van der Waals surface area contributed by atoms with Gasteiger partial charge >= 0.3 is 0 Å². The molecule has 1 heterocycles. The van der Waals surface area contributed by atoms with Gasteiger partial charge in [-0.15, -0.1) is 11.6 Å². The molecule has 3 rings (SSSR count). The van der Waals surface area contributed by atoms with Crippen LogP contribution in [0.1, 0.15) is 25.0 Å². The third kappa shape index (κ3) is 6.78. The maximum absolute atomic E-state index is 10.1. The number of benzene rings is 2. The number of nitrogens with zero attached hydrogens (tertiary/aromatic N) is 2. The molecule has 3 aromatic rings. The molecule has 9 heteroatoms. The van der Waals surface area contributed by atoms with Gasteiger partial charge in [0.05, 0.1) is 28.8 Å². The van der Waals surface area contributed by atoms with Crippen molar-refractivity contribution in [1.82, 2.24) is 9.55 Å². The van der Waals surface area contributed by atoms with Crippen LogP contribution >= 0.6 is 34.8 Å². The summed E-state index contributed by atoms with van der Waals surface area (Å²) in [5, 5.41) is 20.5. The lowest BCUT2D eigenvalue weighted by Crippen LogP contribution is -2.23. The molecule has 0 aliphatic rings. The van der Waals surface area contributed by atoms with Crippen LogP contribution in [0.5, 0.6) is 11.5 Å². The third-order valence-corrected chi connectivity index (χ3v) is 6.24. The van der Waals surface area contributed by atoms with Crippen LogP contribution < -0.4 is 9.47 Å². The zero-order valence-corrected chi connectivity index (χ0v) is 20.7. The minimum atomic E-state index is -0.803. The smallest absolute Gasteiger partial charge is 0.156 e. The lowest BCUT2D eigenvalue weighted by atomic mass is 9.78. The molecule has 0 radical (unpaired) electrons. The first-order valence-electron chi connectivity index (χ1n) is 10.4. The summed E-state index contributed by atoms with van der Waals surface area (Å²) in [6.45, 7) is 4.72. The van der Waals surface area contributed by atoms with Gasteiger partial charge in [-0.1, -0.05) is 49.2 Å². The number of ether oxygens (including phenoxy) is 2. The highest BCUT2D eigenvalue weighted by Crippen LogP contribution is 2.40. The fourth-order valence-corrected chi connectivity index (χ4v) is 3.99. The van der Waals surface area contributed by atoms with Crippen LogP contribution in [0.15, 0.2) is 55.1 Å². The van der Waals surface area contributed by atoms with Gasteiger partial charge in [-0.05, 0) is 35.4 Å². The Balaban J connectivity index is 1.67. The minimum absolute atomic E-state index is 0.00413. The normalized spacial score (nSPS) is 13.5. The Morgan fingerprint density at radius 2 is 1.61 bits per heavy atom. The number of halogens is 3. The third-order valence-electron chi connectivity index (χ3n) is 5.32. The predicted octanol–water partition coefficient (Wildman–Crippen LogP) is 4.93. The SMILES string of the molecule is CC(C)(c1ccc(OC[C@H](O)Cn2ccnc2)cc1)c1cc(Cl)c(OC[C@@H](O)CCl)c(Cl)c1. The van der Waals surface area contributed by atoms with Gasteiger partial charge < -0.3 is 24.3 Å². The van der Waals surface area contributed by atoms with E-state index < -0.39 is 17.6 Å². The number of rotatable bonds is 11. The molecule has 0 amide bonds. The molecule has 178 valence electrons. The number of alkyl halides is 1. The van der Waals surface area contributed by atoms with Gasteiger partial charge in [0.1, 0.15) is 31.2 Å². The highest BCUT2D eigenvalue weighted by atomic mass is 35.5. The Bertz CT molecular complexity index is 1000. The summed E-state index contributed by atoms with van der Waals surface area (Å²) in [4.78, 5) is 3.96. The van der Waals surface area contributed by atoms with E-state index in [-0.39, 0.29) is 19.1 Å². The van der Waals surface area contributed by atoms with Crippen LogP contribution in [0.25, 0.3) is 0 Å². The second-order valence-corrected chi connectivity index (χ2v) is 9.38. The summed E-state index contributed by atoms with van der Waals surface area (Å²) in [5.74, 6) is 1.04. The highest BCUT2D eigenvalue weighted by Gasteiger charge is 2.26. The van der Waals surface area contributed by atoms with Crippen molar-refractivity contribution in [2.45, 2.75) is 38.0 Å². The lowest BCUT2D eigenvalue weighted by molar-refractivity contribution is 0.0924.